The van der Waals surface area contributed by atoms with Gasteiger partial charge in [0, 0.05) is 18.2 Å². The fourth-order valence-electron chi connectivity index (χ4n) is 4.46. The van der Waals surface area contributed by atoms with Gasteiger partial charge in [-0.3, -0.25) is 9.69 Å². The van der Waals surface area contributed by atoms with Gasteiger partial charge in [0.2, 0.25) is 0 Å². The van der Waals surface area contributed by atoms with Crippen molar-refractivity contribution in [2.45, 2.75) is 57.5 Å². The van der Waals surface area contributed by atoms with Crippen molar-refractivity contribution in [3.63, 3.8) is 0 Å². The highest BCUT2D eigenvalue weighted by Gasteiger charge is 2.21. The van der Waals surface area contributed by atoms with E-state index in [-0.39, 0.29) is 17.7 Å². The Hall–Kier alpha value is -2.33. The number of hydrogen-bond acceptors (Lipinski definition) is 3. The SMILES string of the molecule is O=C(N[C@H]1CCc2cc(CN3CCCCCC3)ccc2C1)c1ccc(O)cc1. The van der Waals surface area contributed by atoms with Crippen molar-refractivity contribution < 1.29 is 9.90 Å². The molecule has 4 heteroatoms. The van der Waals surface area contributed by atoms with Gasteiger partial charge in [-0.05, 0) is 86.1 Å². The Labute approximate surface area is 167 Å². The summed E-state index contributed by atoms with van der Waals surface area (Å²) in [6, 6.07) is 13.5. The predicted octanol–water partition coefficient (Wildman–Crippen LogP) is 4.06. The molecular formula is C24H30N2O2. The third kappa shape index (κ3) is 4.74. The monoisotopic (exact) mass is 378 g/mol. The number of benzene rings is 2. The zero-order valence-corrected chi connectivity index (χ0v) is 16.5. The number of likely N-dealkylation sites (tertiary alicyclic amines) is 1. The van der Waals surface area contributed by atoms with Crippen molar-refractivity contribution in [2.75, 3.05) is 13.1 Å². The lowest BCUT2D eigenvalue weighted by Crippen LogP contribution is -2.38. The van der Waals surface area contributed by atoms with Crippen LogP contribution in [0.4, 0.5) is 0 Å². The molecule has 0 saturated carbocycles. The molecule has 2 N–H and O–H groups in total. The van der Waals surface area contributed by atoms with E-state index >= 15 is 0 Å². The topological polar surface area (TPSA) is 52.6 Å². The second-order valence-electron chi connectivity index (χ2n) is 8.25. The summed E-state index contributed by atoms with van der Waals surface area (Å²) in [4.78, 5) is 15.0. The van der Waals surface area contributed by atoms with Crippen LogP contribution in [0.3, 0.4) is 0 Å². The number of carbonyl (C=O) groups is 1. The van der Waals surface area contributed by atoms with Gasteiger partial charge in [0.25, 0.3) is 5.91 Å². The first-order valence-electron chi connectivity index (χ1n) is 10.6. The molecule has 4 nitrogen and oxygen atoms in total. The lowest BCUT2D eigenvalue weighted by atomic mass is 9.87. The van der Waals surface area contributed by atoms with Gasteiger partial charge < -0.3 is 10.4 Å². The summed E-state index contributed by atoms with van der Waals surface area (Å²) in [7, 11) is 0. The number of phenolic OH excluding ortho intramolecular Hbond substituents is 1. The third-order valence-corrected chi connectivity index (χ3v) is 6.07. The van der Waals surface area contributed by atoms with Crippen molar-refractivity contribution in [3.05, 3.63) is 64.7 Å². The van der Waals surface area contributed by atoms with E-state index in [9.17, 15) is 9.90 Å². The van der Waals surface area contributed by atoms with Crippen LogP contribution in [-0.2, 0) is 19.4 Å². The molecular weight excluding hydrogens is 348 g/mol. The lowest BCUT2D eigenvalue weighted by molar-refractivity contribution is 0.0933. The van der Waals surface area contributed by atoms with E-state index in [1.807, 2.05) is 0 Å². The molecule has 0 unspecified atom stereocenters. The van der Waals surface area contributed by atoms with Crippen LogP contribution in [-0.4, -0.2) is 35.0 Å². The molecule has 0 bridgehead atoms. The molecule has 2 aromatic carbocycles. The maximum absolute atomic E-state index is 12.4. The highest BCUT2D eigenvalue weighted by molar-refractivity contribution is 5.94. The maximum atomic E-state index is 12.4. The minimum Gasteiger partial charge on any atom is -0.508 e. The first-order valence-corrected chi connectivity index (χ1v) is 10.6. The number of amides is 1. The van der Waals surface area contributed by atoms with Crippen LogP contribution in [0.2, 0.25) is 0 Å². The van der Waals surface area contributed by atoms with Crippen molar-refractivity contribution in [3.8, 4) is 5.75 Å². The minimum atomic E-state index is -0.0637. The molecule has 1 amide bonds. The average Bonchev–Trinajstić information content (AvgIpc) is 2.97. The molecule has 4 rings (SSSR count). The molecule has 0 aromatic heterocycles. The van der Waals surface area contributed by atoms with E-state index in [0.29, 0.717) is 5.56 Å². The Morgan fingerprint density at radius 2 is 1.75 bits per heavy atom. The maximum Gasteiger partial charge on any atom is 0.251 e. The number of phenols is 1. The van der Waals surface area contributed by atoms with Gasteiger partial charge in [0.15, 0.2) is 0 Å². The van der Waals surface area contributed by atoms with Gasteiger partial charge in [-0.25, -0.2) is 0 Å². The standard InChI is InChI=1S/C24H30N2O2/c27-23-11-8-19(9-12-23)24(28)25-22-10-7-20-15-18(5-6-21(20)16-22)17-26-13-3-1-2-4-14-26/h5-6,8-9,11-12,15,22,27H,1-4,7,10,13-14,16-17H2,(H,25,28)/t22-/m0/s1. The zero-order valence-electron chi connectivity index (χ0n) is 16.5. The number of nitrogens with one attached hydrogen (secondary N) is 1. The third-order valence-electron chi connectivity index (χ3n) is 6.07. The van der Waals surface area contributed by atoms with Crippen LogP contribution in [0.1, 0.15) is 59.2 Å². The highest BCUT2D eigenvalue weighted by Crippen LogP contribution is 2.24. The van der Waals surface area contributed by atoms with Gasteiger partial charge in [0.05, 0.1) is 0 Å². The van der Waals surface area contributed by atoms with Gasteiger partial charge in [0.1, 0.15) is 5.75 Å². The van der Waals surface area contributed by atoms with Crippen LogP contribution in [0.25, 0.3) is 0 Å². The summed E-state index contributed by atoms with van der Waals surface area (Å²) >= 11 is 0. The molecule has 148 valence electrons. The van der Waals surface area contributed by atoms with Crippen LogP contribution in [0.15, 0.2) is 42.5 Å². The minimum absolute atomic E-state index is 0.0637. The Kier molecular flexibility index (Phi) is 5.96. The molecule has 0 spiro atoms. The van der Waals surface area contributed by atoms with Crippen LogP contribution < -0.4 is 5.32 Å². The average molecular weight is 379 g/mol. The number of nitrogens with zero attached hydrogens (tertiary/aromatic N) is 1. The number of hydrogen-bond donors (Lipinski definition) is 2. The van der Waals surface area contributed by atoms with Crippen molar-refractivity contribution in [1.29, 1.82) is 0 Å². The number of fused-ring (bicyclic) bond motifs is 1. The van der Waals surface area contributed by atoms with E-state index in [2.05, 4.69) is 28.4 Å². The number of carbonyl (C=O) groups excluding carboxylic acids is 1. The van der Waals surface area contributed by atoms with Crippen molar-refractivity contribution in [2.24, 2.45) is 0 Å². The Balaban J connectivity index is 1.36. The normalized spacial score (nSPS) is 20.2. The summed E-state index contributed by atoms with van der Waals surface area (Å²) < 4.78 is 0. The number of aryl methyl sites for hydroxylation is 1. The van der Waals surface area contributed by atoms with Gasteiger partial charge in [-0.15, -0.1) is 0 Å². The first kappa shape index (κ1) is 19.0. The number of aromatic hydroxyl groups is 1. The summed E-state index contributed by atoms with van der Waals surface area (Å²) in [5.41, 5.74) is 4.83. The molecule has 28 heavy (non-hydrogen) atoms. The molecule has 2 aliphatic rings. The van der Waals surface area contributed by atoms with E-state index in [0.717, 1.165) is 25.8 Å². The lowest BCUT2D eigenvalue weighted by Gasteiger charge is -2.27. The molecule has 1 aliphatic carbocycles. The van der Waals surface area contributed by atoms with Crippen molar-refractivity contribution >= 4 is 5.91 Å². The van der Waals surface area contributed by atoms with E-state index in [1.54, 1.807) is 24.3 Å². The summed E-state index contributed by atoms with van der Waals surface area (Å²) in [6.07, 6.45) is 8.29. The highest BCUT2D eigenvalue weighted by atomic mass is 16.3. The predicted molar refractivity (Wildman–Crippen MR) is 112 cm³/mol. The van der Waals surface area contributed by atoms with E-state index in [1.165, 1.54) is 55.5 Å². The van der Waals surface area contributed by atoms with Gasteiger partial charge >= 0.3 is 0 Å². The van der Waals surface area contributed by atoms with Crippen LogP contribution in [0, 0.1) is 0 Å². The molecule has 1 atom stereocenters. The van der Waals surface area contributed by atoms with Gasteiger partial charge in [-0.2, -0.15) is 0 Å². The quantitative estimate of drug-likeness (QED) is 0.844. The van der Waals surface area contributed by atoms with Crippen LogP contribution >= 0.6 is 0 Å². The molecule has 1 saturated heterocycles. The second kappa shape index (κ2) is 8.78. The molecule has 2 aromatic rings. The summed E-state index contributed by atoms with van der Waals surface area (Å²) in [5.74, 6) is 0.116. The number of rotatable bonds is 4. The molecule has 0 radical (unpaired) electrons. The Morgan fingerprint density at radius 1 is 1.00 bits per heavy atom. The fourth-order valence-corrected chi connectivity index (χ4v) is 4.46. The first-order chi connectivity index (χ1) is 13.7. The second-order valence-corrected chi connectivity index (χ2v) is 8.25. The Bertz CT molecular complexity index is 808. The Morgan fingerprint density at radius 3 is 2.50 bits per heavy atom. The summed E-state index contributed by atoms with van der Waals surface area (Å²) in [6.45, 7) is 3.51. The zero-order chi connectivity index (χ0) is 19.3. The fraction of sp³-hybridized carbons (Fsp3) is 0.458. The molecule has 1 heterocycles. The molecule has 1 aliphatic heterocycles. The largest absolute Gasteiger partial charge is 0.508 e. The van der Waals surface area contributed by atoms with E-state index in [4.69, 9.17) is 0 Å². The van der Waals surface area contributed by atoms with Crippen molar-refractivity contribution in [1.82, 2.24) is 10.2 Å². The smallest absolute Gasteiger partial charge is 0.251 e. The van der Waals surface area contributed by atoms with Crippen LogP contribution in [0.5, 0.6) is 5.75 Å². The van der Waals surface area contributed by atoms with E-state index < -0.39 is 0 Å². The molecule has 1 fully saturated rings. The van der Waals surface area contributed by atoms with Gasteiger partial charge in [-0.1, -0.05) is 31.0 Å². The summed E-state index contributed by atoms with van der Waals surface area (Å²) in [5, 5.41) is 12.5.